The molecule has 136 valence electrons. The van der Waals surface area contributed by atoms with E-state index in [0.717, 1.165) is 31.7 Å². The van der Waals surface area contributed by atoms with E-state index in [-0.39, 0.29) is 0 Å². The molecule has 0 saturated carbocycles. The van der Waals surface area contributed by atoms with Crippen molar-refractivity contribution in [3.63, 3.8) is 0 Å². The summed E-state index contributed by atoms with van der Waals surface area (Å²) in [6.45, 7) is 7.68. The van der Waals surface area contributed by atoms with Gasteiger partial charge in [-0.25, -0.2) is 0 Å². The van der Waals surface area contributed by atoms with Crippen molar-refractivity contribution in [3.05, 3.63) is 30.5 Å². The van der Waals surface area contributed by atoms with E-state index in [9.17, 15) is 0 Å². The molecule has 2 aliphatic heterocycles. The highest BCUT2D eigenvalue weighted by molar-refractivity contribution is 5.78. The van der Waals surface area contributed by atoms with Crippen LogP contribution >= 0.6 is 0 Å². The first-order valence-corrected chi connectivity index (χ1v) is 10.0. The van der Waals surface area contributed by atoms with Crippen LogP contribution in [0, 0.1) is 5.92 Å². The summed E-state index contributed by atoms with van der Waals surface area (Å²) in [7, 11) is 0. The molecule has 3 heterocycles. The minimum atomic E-state index is 0.499. The minimum absolute atomic E-state index is 0.499. The van der Waals surface area contributed by atoms with Crippen LogP contribution in [0.3, 0.4) is 0 Å². The molecular weight excluding hydrogens is 310 g/mol. The lowest BCUT2D eigenvalue weighted by atomic mass is 9.98. The molecule has 0 amide bonds. The van der Waals surface area contributed by atoms with Crippen molar-refractivity contribution in [3.8, 4) is 0 Å². The third-order valence-corrected chi connectivity index (χ3v) is 5.96. The molecule has 25 heavy (non-hydrogen) atoms. The number of nitrogens with zero attached hydrogens (tertiary/aromatic N) is 3. The van der Waals surface area contributed by atoms with E-state index in [1.54, 1.807) is 0 Å². The van der Waals surface area contributed by atoms with Crippen LogP contribution in [0.1, 0.15) is 46.0 Å². The predicted molar refractivity (Wildman–Crippen MR) is 102 cm³/mol. The number of fused-ring (bicyclic) bond motifs is 3. The number of hydrogen-bond donors (Lipinski definition) is 0. The van der Waals surface area contributed by atoms with Crippen molar-refractivity contribution in [2.24, 2.45) is 5.92 Å². The number of rotatable bonds is 7. The fraction of sp³-hybridized carbons (Fsp3) is 0.667. The first kappa shape index (κ1) is 17.0. The molecular formula is C21H31N3O. The van der Waals surface area contributed by atoms with Gasteiger partial charge in [0, 0.05) is 37.2 Å². The Kier molecular flexibility index (Phi) is 5.09. The zero-order valence-electron chi connectivity index (χ0n) is 15.6. The average molecular weight is 341 g/mol. The van der Waals surface area contributed by atoms with Crippen LogP contribution in [0.5, 0.6) is 0 Å². The fourth-order valence-electron chi connectivity index (χ4n) is 4.83. The van der Waals surface area contributed by atoms with Crippen LogP contribution in [-0.2, 0) is 11.3 Å². The maximum absolute atomic E-state index is 6.06. The van der Waals surface area contributed by atoms with Crippen molar-refractivity contribution in [2.45, 2.75) is 70.7 Å². The monoisotopic (exact) mass is 341 g/mol. The van der Waals surface area contributed by atoms with Crippen molar-refractivity contribution >= 4 is 10.9 Å². The molecule has 2 saturated heterocycles. The molecule has 4 rings (SSSR count). The molecule has 0 radical (unpaired) electrons. The van der Waals surface area contributed by atoms with Crippen LogP contribution in [0.2, 0.25) is 0 Å². The average Bonchev–Trinajstić information content (AvgIpc) is 3.11. The first-order chi connectivity index (χ1) is 12.2. The van der Waals surface area contributed by atoms with Crippen molar-refractivity contribution < 1.29 is 4.74 Å². The molecule has 2 bridgehead atoms. The van der Waals surface area contributed by atoms with Gasteiger partial charge in [-0.05, 0) is 44.1 Å². The third kappa shape index (κ3) is 3.61. The van der Waals surface area contributed by atoms with Crippen molar-refractivity contribution in [2.75, 3.05) is 13.2 Å². The lowest BCUT2D eigenvalue weighted by Crippen LogP contribution is -2.47. The standard InChI is InChI=1S/C21H31N3O/c1-3-10-25-20-11-18-8-9-19(12-20)23(18)14-16(2)15-24-21-7-5-4-6-17(21)13-22-24/h4-7,13,16,18-20H,3,8-12,14-15H2,1-2H3/t16-,18-,19+,20?/m1/s1. The van der Waals surface area contributed by atoms with Gasteiger partial charge in [-0.2, -0.15) is 5.10 Å². The Morgan fingerprint density at radius 1 is 1.16 bits per heavy atom. The van der Waals surface area contributed by atoms with E-state index in [0.29, 0.717) is 12.0 Å². The Morgan fingerprint density at radius 2 is 1.92 bits per heavy atom. The highest BCUT2D eigenvalue weighted by atomic mass is 16.5. The van der Waals surface area contributed by atoms with Crippen molar-refractivity contribution in [1.82, 2.24) is 14.7 Å². The highest BCUT2D eigenvalue weighted by Crippen LogP contribution is 2.37. The molecule has 1 aromatic carbocycles. The maximum Gasteiger partial charge on any atom is 0.0682 e. The molecule has 1 aromatic heterocycles. The van der Waals surface area contributed by atoms with Crippen LogP contribution in [0.15, 0.2) is 30.5 Å². The van der Waals surface area contributed by atoms with Crippen LogP contribution in [-0.4, -0.2) is 46.0 Å². The fourth-order valence-corrected chi connectivity index (χ4v) is 4.83. The number of hydrogen-bond acceptors (Lipinski definition) is 3. The van der Waals surface area contributed by atoms with E-state index in [1.165, 1.54) is 43.1 Å². The molecule has 2 aromatic rings. The second kappa shape index (κ2) is 7.46. The van der Waals surface area contributed by atoms with E-state index in [2.05, 4.69) is 52.8 Å². The Hall–Kier alpha value is -1.39. The van der Waals surface area contributed by atoms with Crippen LogP contribution in [0.25, 0.3) is 10.9 Å². The smallest absolute Gasteiger partial charge is 0.0682 e. The topological polar surface area (TPSA) is 30.3 Å². The molecule has 4 heteroatoms. The summed E-state index contributed by atoms with van der Waals surface area (Å²) in [4.78, 5) is 2.78. The van der Waals surface area contributed by atoms with Crippen LogP contribution in [0.4, 0.5) is 0 Å². The summed E-state index contributed by atoms with van der Waals surface area (Å²) in [6.07, 6.45) is 8.79. The molecule has 0 aliphatic carbocycles. The zero-order valence-corrected chi connectivity index (χ0v) is 15.6. The lowest BCUT2D eigenvalue weighted by Gasteiger charge is -2.40. The summed E-state index contributed by atoms with van der Waals surface area (Å²) < 4.78 is 8.24. The molecule has 0 N–H and O–H groups in total. The summed E-state index contributed by atoms with van der Waals surface area (Å²) in [5.74, 6) is 0.611. The van der Waals surface area contributed by atoms with Gasteiger partial charge < -0.3 is 4.74 Å². The number of aromatic nitrogens is 2. The van der Waals surface area contributed by atoms with Gasteiger partial charge in [-0.1, -0.05) is 32.0 Å². The summed E-state index contributed by atoms with van der Waals surface area (Å²) >= 11 is 0. The van der Waals surface area contributed by atoms with Gasteiger partial charge in [-0.3, -0.25) is 9.58 Å². The van der Waals surface area contributed by atoms with Gasteiger partial charge in [0.2, 0.25) is 0 Å². The van der Waals surface area contributed by atoms with Crippen LogP contribution < -0.4 is 0 Å². The second-order valence-corrected chi connectivity index (χ2v) is 8.04. The zero-order chi connectivity index (χ0) is 17.2. The molecule has 2 fully saturated rings. The number of benzene rings is 1. The summed E-state index contributed by atoms with van der Waals surface area (Å²) in [6, 6.07) is 9.97. The van der Waals surface area contributed by atoms with Gasteiger partial charge >= 0.3 is 0 Å². The SMILES string of the molecule is CCCOC1C[C@H]2CC[C@@H](C1)N2C[C@@H](C)Cn1ncc2ccccc21. The second-order valence-electron chi connectivity index (χ2n) is 8.04. The molecule has 4 nitrogen and oxygen atoms in total. The first-order valence-electron chi connectivity index (χ1n) is 10.0. The Labute approximate surface area is 151 Å². The van der Waals surface area contributed by atoms with Crippen molar-refractivity contribution in [1.29, 1.82) is 0 Å². The Bertz CT molecular complexity index is 683. The van der Waals surface area contributed by atoms with Gasteiger partial charge in [0.1, 0.15) is 0 Å². The molecule has 0 spiro atoms. The van der Waals surface area contributed by atoms with E-state index >= 15 is 0 Å². The number of para-hydroxylation sites is 1. The third-order valence-electron chi connectivity index (χ3n) is 5.96. The van der Waals surface area contributed by atoms with Gasteiger partial charge in [0.25, 0.3) is 0 Å². The van der Waals surface area contributed by atoms with E-state index in [1.807, 2.05) is 6.20 Å². The van der Waals surface area contributed by atoms with E-state index < -0.39 is 0 Å². The highest BCUT2D eigenvalue weighted by Gasteiger charge is 2.41. The Balaban J connectivity index is 1.36. The summed E-state index contributed by atoms with van der Waals surface area (Å²) in [5, 5.41) is 5.85. The number of ether oxygens (including phenoxy) is 1. The molecule has 4 atom stereocenters. The van der Waals surface area contributed by atoms with Gasteiger partial charge in [0.15, 0.2) is 0 Å². The molecule has 1 unspecified atom stereocenters. The Morgan fingerprint density at radius 3 is 2.68 bits per heavy atom. The molecule has 2 aliphatic rings. The van der Waals surface area contributed by atoms with Gasteiger partial charge in [-0.15, -0.1) is 0 Å². The normalized spacial score (nSPS) is 27.8. The quantitative estimate of drug-likeness (QED) is 0.760. The lowest BCUT2D eigenvalue weighted by molar-refractivity contribution is -0.0237. The van der Waals surface area contributed by atoms with Gasteiger partial charge in [0.05, 0.1) is 17.8 Å². The largest absolute Gasteiger partial charge is 0.378 e. The minimum Gasteiger partial charge on any atom is -0.378 e. The van der Waals surface area contributed by atoms with E-state index in [4.69, 9.17) is 4.74 Å². The number of piperidine rings is 1. The maximum atomic E-state index is 6.06. The predicted octanol–water partition coefficient (Wildman–Crippen LogP) is 4.09. The summed E-state index contributed by atoms with van der Waals surface area (Å²) in [5.41, 5.74) is 1.25.